The lowest BCUT2D eigenvalue weighted by molar-refractivity contribution is -0.147. The third-order valence-corrected chi connectivity index (χ3v) is 2.32. The van der Waals surface area contributed by atoms with Gasteiger partial charge in [-0.1, -0.05) is 0 Å². The lowest BCUT2D eigenvalue weighted by atomic mass is 10.1. The van der Waals surface area contributed by atoms with Gasteiger partial charge in [-0.05, 0) is 12.8 Å². The first kappa shape index (κ1) is 23.2. The van der Waals surface area contributed by atoms with E-state index in [0.717, 1.165) is 0 Å². The van der Waals surface area contributed by atoms with Crippen molar-refractivity contribution in [2.75, 3.05) is 6.54 Å². The van der Waals surface area contributed by atoms with Crippen LogP contribution in [0.25, 0.3) is 0 Å². The van der Waals surface area contributed by atoms with Crippen LogP contribution in [0.1, 0.15) is 19.3 Å². The lowest BCUT2D eigenvalue weighted by Crippen LogP contribution is -2.48. The second kappa shape index (κ2) is 12.5. The van der Waals surface area contributed by atoms with Crippen LogP contribution in [0.4, 0.5) is 4.79 Å². The zero-order valence-corrected chi connectivity index (χ0v) is 12.7. The third kappa shape index (κ3) is 15.3. The average Bonchev–Trinajstić information content (AvgIpc) is 2.38. The summed E-state index contributed by atoms with van der Waals surface area (Å²) in [5.41, 5.74) is 18.7. The Bertz CT molecular complexity index is 473. The Hall–Kier alpha value is -3.09. The Morgan fingerprint density at radius 2 is 1.38 bits per heavy atom. The van der Waals surface area contributed by atoms with Crippen molar-refractivity contribution in [3.63, 3.8) is 0 Å². The van der Waals surface area contributed by atoms with Crippen molar-refractivity contribution in [3.8, 4) is 0 Å². The maximum atomic E-state index is 11.0. The van der Waals surface area contributed by atoms with Crippen LogP contribution in [0.5, 0.6) is 0 Å². The topological polar surface area (TPSA) is 257 Å². The lowest BCUT2D eigenvalue weighted by Gasteiger charge is -2.18. The average molecular weight is 350 g/mol. The zero-order chi connectivity index (χ0) is 19.3. The molecular formula is C11H22N6O7. The van der Waals surface area contributed by atoms with Gasteiger partial charge in [0.25, 0.3) is 0 Å². The Kier molecular flexibility index (Phi) is 12.0. The third-order valence-electron chi connectivity index (χ3n) is 2.32. The number of aliphatic imine (C=N–C) groups is 1. The predicted octanol–water partition coefficient (Wildman–Crippen LogP) is -2.97. The smallest absolute Gasteiger partial charge is 0.321 e. The number of nitrogens with two attached hydrogens (primary N) is 4. The number of nitrogens with zero attached hydrogens (tertiary/aromatic N) is 1. The van der Waals surface area contributed by atoms with Crippen molar-refractivity contribution in [1.82, 2.24) is 5.32 Å². The summed E-state index contributed by atoms with van der Waals surface area (Å²) in [5.74, 6) is -4.16. The summed E-state index contributed by atoms with van der Waals surface area (Å²) in [6.07, 6.45) is -0.343. The number of urea groups is 1. The molecule has 0 aromatic carbocycles. The fourth-order valence-corrected chi connectivity index (χ4v) is 1.42. The number of aliphatic carboxylic acids is 3. The summed E-state index contributed by atoms with van der Waals surface area (Å²) >= 11 is 0. The summed E-state index contributed by atoms with van der Waals surface area (Å²) in [7, 11) is 0. The molecule has 0 bridgehead atoms. The number of hydrogen-bond donors (Lipinski definition) is 8. The minimum absolute atomic E-state index is 0.0650. The number of rotatable bonds is 10. The standard InChI is InChI=1S/C10H18N4O6.CH4N2O/c11-10(12)13-3-1-2-5(8(17)18)14-6(9(19)20)4-7(15)16;2-1(3)4/h5-6,14H,1-4H2,(H,15,16)(H,17,18)(H,19,20)(H4,11,12,13);(H4,2,3,4). The highest BCUT2D eigenvalue weighted by molar-refractivity contribution is 5.82. The van der Waals surface area contributed by atoms with Gasteiger partial charge in [0.05, 0.1) is 6.42 Å². The van der Waals surface area contributed by atoms with Gasteiger partial charge in [-0.25, -0.2) is 4.79 Å². The molecule has 0 aromatic heterocycles. The minimum Gasteiger partial charge on any atom is -0.481 e. The molecule has 0 radical (unpaired) electrons. The van der Waals surface area contributed by atoms with Crippen LogP contribution in [-0.2, 0) is 14.4 Å². The van der Waals surface area contributed by atoms with E-state index in [9.17, 15) is 14.4 Å². The largest absolute Gasteiger partial charge is 0.481 e. The summed E-state index contributed by atoms with van der Waals surface area (Å²) in [6, 6.07) is -3.50. The Morgan fingerprint density at radius 3 is 1.71 bits per heavy atom. The van der Waals surface area contributed by atoms with Gasteiger partial charge < -0.3 is 38.3 Å². The molecular weight excluding hydrogens is 328 g/mol. The first-order chi connectivity index (χ1) is 11.0. The highest BCUT2D eigenvalue weighted by Crippen LogP contribution is 2.03. The molecule has 13 nitrogen and oxygen atoms in total. The van der Waals surface area contributed by atoms with Gasteiger partial charge in [-0.3, -0.25) is 24.7 Å². The van der Waals surface area contributed by atoms with Crippen LogP contribution in [0.3, 0.4) is 0 Å². The van der Waals surface area contributed by atoms with Gasteiger partial charge in [0, 0.05) is 6.54 Å². The number of hydrogen-bond acceptors (Lipinski definition) is 6. The number of carboxylic acids is 3. The van der Waals surface area contributed by atoms with Gasteiger partial charge in [0.2, 0.25) is 0 Å². The molecule has 0 aliphatic heterocycles. The number of amides is 2. The van der Waals surface area contributed by atoms with Gasteiger partial charge in [0.15, 0.2) is 5.96 Å². The summed E-state index contributed by atoms with van der Waals surface area (Å²) in [6.45, 7) is 0.199. The molecule has 0 aliphatic carbocycles. The minimum atomic E-state index is -1.48. The van der Waals surface area contributed by atoms with Crippen LogP contribution in [0, 0.1) is 0 Å². The quantitative estimate of drug-likeness (QED) is 0.113. The molecule has 24 heavy (non-hydrogen) atoms. The maximum Gasteiger partial charge on any atom is 0.321 e. The second-order valence-electron chi connectivity index (χ2n) is 4.40. The van der Waals surface area contributed by atoms with E-state index in [4.69, 9.17) is 31.6 Å². The summed E-state index contributed by atoms with van der Waals surface area (Å²) in [4.78, 5) is 45.0. The van der Waals surface area contributed by atoms with E-state index < -0.39 is 42.4 Å². The molecule has 2 unspecified atom stereocenters. The molecule has 0 saturated carbocycles. The van der Waals surface area contributed by atoms with E-state index in [0.29, 0.717) is 6.42 Å². The predicted molar refractivity (Wildman–Crippen MR) is 81.9 cm³/mol. The fourth-order valence-electron chi connectivity index (χ4n) is 1.42. The van der Waals surface area contributed by atoms with Crippen LogP contribution in [0.15, 0.2) is 4.99 Å². The molecule has 138 valence electrons. The number of guanidine groups is 1. The van der Waals surface area contributed by atoms with E-state index in [-0.39, 0.29) is 18.9 Å². The molecule has 0 aliphatic rings. The molecule has 0 rings (SSSR count). The number of carbonyl (C=O) groups is 4. The van der Waals surface area contributed by atoms with Crippen molar-refractivity contribution < 1.29 is 34.5 Å². The van der Waals surface area contributed by atoms with E-state index in [1.807, 2.05) is 0 Å². The van der Waals surface area contributed by atoms with E-state index in [1.165, 1.54) is 0 Å². The Morgan fingerprint density at radius 1 is 0.917 bits per heavy atom. The molecule has 0 aromatic rings. The number of primary amides is 2. The summed E-state index contributed by atoms with van der Waals surface area (Å²) < 4.78 is 0. The van der Waals surface area contributed by atoms with Gasteiger partial charge in [0.1, 0.15) is 12.1 Å². The molecule has 0 saturated heterocycles. The van der Waals surface area contributed by atoms with Crippen molar-refractivity contribution in [2.45, 2.75) is 31.3 Å². The van der Waals surface area contributed by atoms with Crippen molar-refractivity contribution in [3.05, 3.63) is 0 Å². The normalized spacial score (nSPS) is 12.0. The van der Waals surface area contributed by atoms with Crippen molar-refractivity contribution in [1.29, 1.82) is 0 Å². The first-order valence-electron chi connectivity index (χ1n) is 6.51. The zero-order valence-electron chi connectivity index (χ0n) is 12.7. The maximum absolute atomic E-state index is 11.0. The number of carbonyl (C=O) groups excluding carboxylic acids is 1. The van der Waals surface area contributed by atoms with E-state index >= 15 is 0 Å². The van der Waals surface area contributed by atoms with Crippen LogP contribution in [0.2, 0.25) is 0 Å². The van der Waals surface area contributed by atoms with E-state index in [1.54, 1.807) is 0 Å². The van der Waals surface area contributed by atoms with Crippen LogP contribution >= 0.6 is 0 Å². The number of nitrogens with one attached hydrogen (secondary N) is 1. The Labute approximate surface area is 136 Å². The monoisotopic (exact) mass is 350 g/mol. The SMILES string of the molecule is NC(N)=NCCCC(NC(CC(=O)O)C(=O)O)C(=O)O.NC(N)=O. The molecule has 2 amide bonds. The van der Waals surface area contributed by atoms with Crippen LogP contribution < -0.4 is 28.3 Å². The van der Waals surface area contributed by atoms with E-state index in [2.05, 4.69) is 21.8 Å². The first-order valence-corrected chi connectivity index (χ1v) is 6.51. The van der Waals surface area contributed by atoms with Gasteiger partial charge in [-0.15, -0.1) is 0 Å². The fraction of sp³-hybridized carbons (Fsp3) is 0.545. The van der Waals surface area contributed by atoms with Crippen molar-refractivity contribution in [2.24, 2.45) is 27.9 Å². The second-order valence-corrected chi connectivity index (χ2v) is 4.40. The van der Waals surface area contributed by atoms with Gasteiger partial charge >= 0.3 is 23.9 Å². The highest BCUT2D eigenvalue weighted by Gasteiger charge is 2.27. The summed E-state index contributed by atoms with van der Waals surface area (Å²) in [5, 5.41) is 28.6. The Balaban J connectivity index is 0. The number of carboxylic acid groups (broad SMARTS) is 3. The molecule has 12 N–H and O–H groups in total. The highest BCUT2D eigenvalue weighted by atomic mass is 16.4. The molecule has 0 fully saturated rings. The van der Waals surface area contributed by atoms with Gasteiger partial charge in [-0.2, -0.15) is 0 Å². The molecule has 0 heterocycles. The molecule has 2 atom stereocenters. The van der Waals surface area contributed by atoms with Crippen LogP contribution in [-0.4, -0.2) is 63.8 Å². The molecule has 0 spiro atoms. The molecule has 13 heteroatoms. The van der Waals surface area contributed by atoms with Crippen molar-refractivity contribution >= 4 is 29.9 Å².